The highest BCUT2D eigenvalue weighted by Crippen LogP contribution is 2.29. The molecule has 1 heterocycles. The summed E-state index contributed by atoms with van der Waals surface area (Å²) in [6.07, 6.45) is 0.756. The Hall–Kier alpha value is -1.32. The fraction of sp³-hybridized carbons (Fsp3) is 0.250. The Balaban J connectivity index is 2.64. The van der Waals surface area contributed by atoms with Gasteiger partial charge in [-0.25, -0.2) is 4.98 Å². The van der Waals surface area contributed by atoms with Gasteiger partial charge in [-0.3, -0.25) is 0 Å². The number of methoxy groups -OCH3 is 1. The molecule has 1 aromatic heterocycles. The zero-order valence-corrected chi connectivity index (χ0v) is 9.79. The van der Waals surface area contributed by atoms with Crippen LogP contribution in [-0.4, -0.2) is 18.6 Å². The highest BCUT2D eigenvalue weighted by Gasteiger charge is 2.07. The minimum Gasteiger partial charge on any atom is -0.494 e. The van der Waals surface area contributed by atoms with Crippen molar-refractivity contribution in [3.8, 4) is 5.75 Å². The van der Waals surface area contributed by atoms with Crippen LogP contribution in [0.2, 0.25) is 5.02 Å². The molecule has 0 aliphatic heterocycles. The van der Waals surface area contributed by atoms with Gasteiger partial charge in [0.1, 0.15) is 11.3 Å². The van der Waals surface area contributed by atoms with Crippen LogP contribution in [-0.2, 0) is 6.42 Å². The molecule has 0 amide bonds. The smallest absolute Gasteiger partial charge is 0.145 e. The number of benzene rings is 1. The van der Waals surface area contributed by atoms with E-state index < -0.39 is 0 Å². The van der Waals surface area contributed by atoms with Gasteiger partial charge < -0.3 is 10.5 Å². The fourth-order valence-corrected chi connectivity index (χ4v) is 1.86. The average molecular weight is 237 g/mol. The van der Waals surface area contributed by atoms with Crippen LogP contribution in [0, 0.1) is 0 Å². The van der Waals surface area contributed by atoms with E-state index in [9.17, 15) is 0 Å². The first-order valence-corrected chi connectivity index (χ1v) is 5.46. The lowest BCUT2D eigenvalue weighted by Crippen LogP contribution is -2.04. The van der Waals surface area contributed by atoms with Gasteiger partial charge in [0.05, 0.1) is 12.1 Å². The zero-order valence-electron chi connectivity index (χ0n) is 9.03. The molecule has 2 aromatic rings. The molecule has 0 radical (unpaired) electrons. The molecule has 84 valence electrons. The van der Waals surface area contributed by atoms with Gasteiger partial charge in [0.2, 0.25) is 0 Å². The molecule has 0 atom stereocenters. The van der Waals surface area contributed by atoms with Crippen LogP contribution in [0.4, 0.5) is 0 Å². The topological polar surface area (TPSA) is 48.1 Å². The van der Waals surface area contributed by atoms with Crippen LogP contribution in [0.25, 0.3) is 10.9 Å². The van der Waals surface area contributed by atoms with Gasteiger partial charge in [-0.2, -0.15) is 0 Å². The summed E-state index contributed by atoms with van der Waals surface area (Å²) < 4.78 is 5.26. The Morgan fingerprint density at radius 1 is 1.31 bits per heavy atom. The monoisotopic (exact) mass is 236 g/mol. The second kappa shape index (κ2) is 4.68. The summed E-state index contributed by atoms with van der Waals surface area (Å²) in [5.41, 5.74) is 7.25. The largest absolute Gasteiger partial charge is 0.494 e. The van der Waals surface area contributed by atoms with Crippen LogP contribution in [0.15, 0.2) is 24.3 Å². The van der Waals surface area contributed by atoms with E-state index in [4.69, 9.17) is 22.1 Å². The van der Waals surface area contributed by atoms with Crippen LogP contribution < -0.4 is 10.5 Å². The van der Waals surface area contributed by atoms with Crippen LogP contribution in [0.1, 0.15) is 5.69 Å². The van der Waals surface area contributed by atoms with Gasteiger partial charge in [-0.05, 0) is 30.8 Å². The maximum atomic E-state index is 6.10. The minimum atomic E-state index is 0.585. The third-order valence-corrected chi connectivity index (χ3v) is 2.77. The molecular weight excluding hydrogens is 224 g/mol. The Bertz CT molecular complexity index is 514. The van der Waals surface area contributed by atoms with E-state index in [1.54, 1.807) is 7.11 Å². The van der Waals surface area contributed by atoms with Crippen molar-refractivity contribution < 1.29 is 4.74 Å². The second-order valence-corrected chi connectivity index (χ2v) is 3.89. The Morgan fingerprint density at radius 3 is 2.81 bits per heavy atom. The molecule has 2 rings (SSSR count). The maximum absolute atomic E-state index is 6.10. The van der Waals surface area contributed by atoms with E-state index in [1.165, 1.54) is 0 Å². The summed E-state index contributed by atoms with van der Waals surface area (Å²) >= 11 is 6.10. The molecule has 2 N–H and O–H groups in total. The number of nitrogens with two attached hydrogens (primary N) is 1. The average Bonchev–Trinajstić information content (AvgIpc) is 2.30. The number of rotatable bonds is 3. The van der Waals surface area contributed by atoms with E-state index in [0.717, 1.165) is 28.8 Å². The lowest BCUT2D eigenvalue weighted by atomic mass is 10.1. The number of fused-ring (bicyclic) bond motifs is 1. The molecule has 0 saturated heterocycles. The van der Waals surface area contributed by atoms with Crippen molar-refractivity contribution >= 4 is 22.5 Å². The van der Waals surface area contributed by atoms with Crippen molar-refractivity contribution in [2.24, 2.45) is 5.73 Å². The lowest BCUT2D eigenvalue weighted by molar-refractivity contribution is 0.419. The van der Waals surface area contributed by atoms with Crippen molar-refractivity contribution in [2.75, 3.05) is 13.7 Å². The molecule has 0 unspecified atom stereocenters. The molecule has 0 spiro atoms. The standard InChI is InChI=1S/C12H13ClN2O/c1-16-11-5-4-10(13)9-3-2-8(6-7-14)15-12(9)11/h2-5H,6-7,14H2,1H3. The summed E-state index contributed by atoms with van der Waals surface area (Å²) in [5.74, 6) is 0.735. The molecule has 1 aromatic carbocycles. The molecule has 4 heteroatoms. The summed E-state index contributed by atoms with van der Waals surface area (Å²) in [6, 6.07) is 7.54. The van der Waals surface area contributed by atoms with E-state index in [2.05, 4.69) is 4.98 Å². The second-order valence-electron chi connectivity index (χ2n) is 3.49. The molecule has 0 saturated carbocycles. The Kier molecular flexibility index (Phi) is 3.27. The van der Waals surface area contributed by atoms with Crippen molar-refractivity contribution in [2.45, 2.75) is 6.42 Å². The number of ether oxygens (including phenoxy) is 1. The van der Waals surface area contributed by atoms with Gasteiger partial charge in [0.25, 0.3) is 0 Å². The molecule has 3 nitrogen and oxygen atoms in total. The van der Waals surface area contributed by atoms with Crippen molar-refractivity contribution in [3.05, 3.63) is 35.0 Å². The van der Waals surface area contributed by atoms with Crippen molar-refractivity contribution in [3.63, 3.8) is 0 Å². The summed E-state index contributed by atoms with van der Waals surface area (Å²) in [4.78, 5) is 4.51. The van der Waals surface area contributed by atoms with Crippen LogP contribution >= 0.6 is 11.6 Å². The first-order valence-electron chi connectivity index (χ1n) is 5.08. The van der Waals surface area contributed by atoms with E-state index in [-0.39, 0.29) is 0 Å². The third-order valence-electron chi connectivity index (χ3n) is 2.45. The number of nitrogens with zero attached hydrogens (tertiary/aromatic N) is 1. The first-order chi connectivity index (χ1) is 7.76. The molecule has 0 bridgehead atoms. The predicted molar refractivity (Wildman–Crippen MR) is 66.1 cm³/mol. The number of halogens is 1. The summed E-state index contributed by atoms with van der Waals surface area (Å²) in [5, 5.41) is 1.59. The van der Waals surface area contributed by atoms with E-state index in [1.807, 2.05) is 24.3 Å². The highest BCUT2D eigenvalue weighted by molar-refractivity contribution is 6.35. The first kappa shape index (κ1) is 11.2. The van der Waals surface area contributed by atoms with E-state index in [0.29, 0.717) is 11.6 Å². The SMILES string of the molecule is COc1ccc(Cl)c2ccc(CCN)nc12. The number of hydrogen-bond donors (Lipinski definition) is 1. The van der Waals surface area contributed by atoms with E-state index >= 15 is 0 Å². The zero-order chi connectivity index (χ0) is 11.5. The molecule has 16 heavy (non-hydrogen) atoms. The van der Waals surface area contributed by atoms with Crippen molar-refractivity contribution in [1.82, 2.24) is 4.98 Å². The quantitative estimate of drug-likeness (QED) is 0.890. The van der Waals surface area contributed by atoms with Crippen LogP contribution in [0.5, 0.6) is 5.75 Å². The molecular formula is C12H13ClN2O. The molecule has 0 fully saturated rings. The normalized spacial score (nSPS) is 10.7. The molecule has 0 aliphatic carbocycles. The molecule has 0 aliphatic rings. The van der Waals surface area contributed by atoms with Crippen molar-refractivity contribution in [1.29, 1.82) is 0 Å². The summed E-state index contributed by atoms with van der Waals surface area (Å²) in [6.45, 7) is 0.585. The maximum Gasteiger partial charge on any atom is 0.145 e. The minimum absolute atomic E-state index is 0.585. The third kappa shape index (κ3) is 1.96. The number of pyridine rings is 1. The van der Waals surface area contributed by atoms with Crippen LogP contribution in [0.3, 0.4) is 0 Å². The van der Waals surface area contributed by atoms with Gasteiger partial charge in [0, 0.05) is 17.5 Å². The number of aromatic nitrogens is 1. The predicted octanol–water partition coefficient (Wildman–Crippen LogP) is 2.40. The highest BCUT2D eigenvalue weighted by atomic mass is 35.5. The van der Waals surface area contributed by atoms with Gasteiger partial charge >= 0.3 is 0 Å². The fourth-order valence-electron chi connectivity index (χ4n) is 1.65. The van der Waals surface area contributed by atoms with Gasteiger partial charge in [0.15, 0.2) is 0 Å². The lowest BCUT2D eigenvalue weighted by Gasteiger charge is -2.07. The number of hydrogen-bond acceptors (Lipinski definition) is 3. The van der Waals surface area contributed by atoms with Gasteiger partial charge in [-0.1, -0.05) is 11.6 Å². The van der Waals surface area contributed by atoms with Gasteiger partial charge in [-0.15, -0.1) is 0 Å². The summed E-state index contributed by atoms with van der Waals surface area (Å²) in [7, 11) is 1.62. The Morgan fingerprint density at radius 2 is 2.12 bits per heavy atom. The Labute approximate surface area is 99.2 Å².